The summed E-state index contributed by atoms with van der Waals surface area (Å²) in [5.41, 5.74) is 1.93. The highest BCUT2D eigenvalue weighted by molar-refractivity contribution is 6.29. The normalized spacial score (nSPS) is 15.0. The lowest BCUT2D eigenvalue weighted by molar-refractivity contribution is -0.0339. The Bertz CT molecular complexity index is 793. The summed E-state index contributed by atoms with van der Waals surface area (Å²) >= 11 is 5.99. The SMILES string of the molecule is COc1cnc(Cl)cc1-c1cc(CN2CC(OC)C2)ncc1C(=O)O. The minimum absolute atomic E-state index is 0.0858. The topological polar surface area (TPSA) is 84.8 Å². The van der Waals surface area contributed by atoms with Crippen molar-refractivity contribution in [3.63, 3.8) is 0 Å². The van der Waals surface area contributed by atoms with Crippen LogP contribution in [0.5, 0.6) is 5.75 Å². The van der Waals surface area contributed by atoms with Gasteiger partial charge in [-0.1, -0.05) is 11.6 Å². The minimum atomic E-state index is -1.06. The number of halogens is 1. The zero-order valence-corrected chi connectivity index (χ0v) is 14.7. The second-order valence-corrected chi connectivity index (χ2v) is 6.17. The van der Waals surface area contributed by atoms with Gasteiger partial charge in [0.2, 0.25) is 0 Å². The summed E-state index contributed by atoms with van der Waals surface area (Å²) in [6.07, 6.45) is 3.09. The van der Waals surface area contributed by atoms with Crippen LogP contribution in [-0.2, 0) is 11.3 Å². The van der Waals surface area contributed by atoms with Gasteiger partial charge >= 0.3 is 5.97 Å². The van der Waals surface area contributed by atoms with Gasteiger partial charge in [-0.2, -0.15) is 0 Å². The molecule has 1 aliphatic rings. The van der Waals surface area contributed by atoms with Crippen LogP contribution in [0.1, 0.15) is 16.1 Å². The van der Waals surface area contributed by atoms with E-state index >= 15 is 0 Å². The van der Waals surface area contributed by atoms with Gasteiger partial charge in [-0.05, 0) is 12.1 Å². The third-order valence-corrected chi connectivity index (χ3v) is 4.38. The van der Waals surface area contributed by atoms with E-state index < -0.39 is 5.97 Å². The number of nitrogens with zero attached hydrogens (tertiary/aromatic N) is 3. The number of ether oxygens (including phenoxy) is 2. The number of carbonyl (C=O) groups is 1. The van der Waals surface area contributed by atoms with Gasteiger partial charge in [-0.25, -0.2) is 9.78 Å². The predicted molar refractivity (Wildman–Crippen MR) is 92.1 cm³/mol. The average Bonchev–Trinajstić information content (AvgIpc) is 2.57. The van der Waals surface area contributed by atoms with E-state index in [1.54, 1.807) is 19.2 Å². The number of carboxylic acid groups (broad SMARTS) is 1. The van der Waals surface area contributed by atoms with E-state index in [0.29, 0.717) is 23.4 Å². The Labute approximate surface area is 150 Å². The molecular weight excluding hydrogens is 346 g/mol. The summed E-state index contributed by atoms with van der Waals surface area (Å²) in [4.78, 5) is 22.0. The third kappa shape index (κ3) is 3.73. The lowest BCUT2D eigenvalue weighted by Gasteiger charge is -2.37. The van der Waals surface area contributed by atoms with E-state index in [1.807, 2.05) is 0 Å². The monoisotopic (exact) mass is 363 g/mol. The molecule has 1 aliphatic heterocycles. The first-order valence-electron chi connectivity index (χ1n) is 7.69. The second kappa shape index (κ2) is 7.35. The highest BCUT2D eigenvalue weighted by Gasteiger charge is 2.27. The van der Waals surface area contributed by atoms with Crippen LogP contribution in [0.15, 0.2) is 24.5 Å². The van der Waals surface area contributed by atoms with E-state index in [9.17, 15) is 9.90 Å². The average molecular weight is 364 g/mol. The number of carboxylic acids is 1. The quantitative estimate of drug-likeness (QED) is 0.788. The lowest BCUT2D eigenvalue weighted by atomic mass is 10.00. The van der Waals surface area contributed by atoms with Crippen molar-refractivity contribution in [1.82, 2.24) is 14.9 Å². The van der Waals surface area contributed by atoms with Crippen LogP contribution in [0.3, 0.4) is 0 Å². The number of aromatic carboxylic acids is 1. The fraction of sp³-hybridized carbons (Fsp3) is 0.353. The lowest BCUT2D eigenvalue weighted by Crippen LogP contribution is -2.51. The maximum Gasteiger partial charge on any atom is 0.337 e. The van der Waals surface area contributed by atoms with E-state index in [0.717, 1.165) is 18.8 Å². The van der Waals surface area contributed by atoms with Gasteiger partial charge in [0.15, 0.2) is 0 Å². The van der Waals surface area contributed by atoms with E-state index in [1.165, 1.54) is 19.5 Å². The molecular formula is C17H18ClN3O4. The molecule has 7 nitrogen and oxygen atoms in total. The molecule has 1 saturated heterocycles. The molecule has 2 aromatic heterocycles. The summed E-state index contributed by atoms with van der Waals surface area (Å²) < 4.78 is 10.6. The van der Waals surface area contributed by atoms with E-state index in [-0.39, 0.29) is 16.8 Å². The van der Waals surface area contributed by atoms with E-state index in [4.69, 9.17) is 21.1 Å². The Kier molecular flexibility index (Phi) is 5.17. The molecule has 1 N–H and O–H groups in total. The number of hydrogen-bond donors (Lipinski definition) is 1. The standard InChI is InChI=1S/C17H18ClN3O4/c1-24-11-8-21(9-11)7-10-3-12(14(5-19-10)17(22)23)13-4-16(18)20-6-15(13)25-2/h3-6,11H,7-9H2,1-2H3,(H,22,23). The molecule has 0 saturated carbocycles. The van der Waals surface area contributed by atoms with Gasteiger partial charge in [0, 0.05) is 44.1 Å². The molecule has 8 heteroatoms. The minimum Gasteiger partial charge on any atom is -0.494 e. The third-order valence-electron chi connectivity index (χ3n) is 4.18. The van der Waals surface area contributed by atoms with Crippen molar-refractivity contribution in [2.75, 3.05) is 27.3 Å². The Balaban J connectivity index is 1.97. The molecule has 0 radical (unpaired) electrons. The first kappa shape index (κ1) is 17.6. The van der Waals surface area contributed by atoms with E-state index in [2.05, 4.69) is 14.9 Å². The molecule has 132 valence electrons. The zero-order chi connectivity index (χ0) is 18.0. The summed E-state index contributed by atoms with van der Waals surface area (Å²) in [7, 11) is 3.20. The molecule has 3 rings (SSSR count). The molecule has 0 spiro atoms. The van der Waals surface area contributed by atoms with Crippen LogP contribution in [0.25, 0.3) is 11.1 Å². The maximum atomic E-state index is 11.6. The Hall–Kier alpha value is -2.22. The Morgan fingerprint density at radius 2 is 2.04 bits per heavy atom. The van der Waals surface area contributed by atoms with Crippen molar-refractivity contribution in [3.8, 4) is 16.9 Å². The van der Waals surface area contributed by atoms with Gasteiger partial charge in [0.25, 0.3) is 0 Å². The van der Waals surface area contributed by atoms with Gasteiger partial charge < -0.3 is 14.6 Å². The van der Waals surface area contributed by atoms with Crippen LogP contribution in [0.2, 0.25) is 5.15 Å². The van der Waals surface area contributed by atoms with Crippen LogP contribution in [0.4, 0.5) is 0 Å². The van der Waals surface area contributed by atoms with Crippen molar-refractivity contribution < 1.29 is 19.4 Å². The molecule has 2 aromatic rings. The fourth-order valence-electron chi connectivity index (χ4n) is 2.80. The van der Waals surface area contributed by atoms with Gasteiger partial charge in [0.05, 0.1) is 30.7 Å². The Morgan fingerprint density at radius 1 is 1.28 bits per heavy atom. The number of likely N-dealkylation sites (tertiary alicyclic amines) is 1. The van der Waals surface area contributed by atoms with Crippen molar-refractivity contribution in [2.24, 2.45) is 0 Å². The number of aromatic nitrogens is 2. The second-order valence-electron chi connectivity index (χ2n) is 5.79. The molecule has 0 amide bonds. The molecule has 0 unspecified atom stereocenters. The maximum absolute atomic E-state index is 11.6. The van der Waals surface area contributed by atoms with Crippen LogP contribution in [-0.4, -0.2) is 59.4 Å². The molecule has 0 bridgehead atoms. The fourth-order valence-corrected chi connectivity index (χ4v) is 2.96. The molecule has 0 atom stereocenters. The number of pyridine rings is 2. The molecule has 1 fully saturated rings. The number of rotatable bonds is 6. The van der Waals surface area contributed by atoms with Crippen molar-refractivity contribution in [3.05, 3.63) is 40.9 Å². The van der Waals surface area contributed by atoms with Gasteiger partial charge in [0.1, 0.15) is 10.9 Å². The smallest absolute Gasteiger partial charge is 0.337 e. The molecule has 3 heterocycles. The van der Waals surface area contributed by atoms with Crippen molar-refractivity contribution >= 4 is 17.6 Å². The van der Waals surface area contributed by atoms with Crippen molar-refractivity contribution in [1.29, 1.82) is 0 Å². The zero-order valence-electron chi connectivity index (χ0n) is 13.9. The highest BCUT2D eigenvalue weighted by atomic mass is 35.5. The summed E-state index contributed by atoms with van der Waals surface area (Å²) in [6, 6.07) is 3.36. The van der Waals surface area contributed by atoms with Crippen LogP contribution < -0.4 is 4.74 Å². The predicted octanol–water partition coefficient (Wildman–Crippen LogP) is 2.33. The van der Waals surface area contributed by atoms with Crippen LogP contribution >= 0.6 is 11.6 Å². The number of methoxy groups -OCH3 is 2. The van der Waals surface area contributed by atoms with Crippen molar-refractivity contribution in [2.45, 2.75) is 12.6 Å². The largest absolute Gasteiger partial charge is 0.494 e. The first-order chi connectivity index (χ1) is 12.0. The first-order valence-corrected chi connectivity index (χ1v) is 8.07. The van der Waals surface area contributed by atoms with Gasteiger partial charge in [-0.15, -0.1) is 0 Å². The van der Waals surface area contributed by atoms with Crippen LogP contribution in [0, 0.1) is 0 Å². The summed E-state index contributed by atoms with van der Waals surface area (Å²) in [5.74, 6) is -0.611. The molecule has 0 aromatic carbocycles. The molecule has 0 aliphatic carbocycles. The summed E-state index contributed by atoms with van der Waals surface area (Å²) in [6.45, 7) is 2.28. The molecule has 25 heavy (non-hydrogen) atoms. The highest BCUT2D eigenvalue weighted by Crippen LogP contribution is 2.34. The summed E-state index contributed by atoms with van der Waals surface area (Å²) in [5, 5.41) is 9.76. The number of hydrogen-bond acceptors (Lipinski definition) is 6. The Morgan fingerprint density at radius 3 is 2.68 bits per heavy atom. The van der Waals surface area contributed by atoms with Gasteiger partial charge in [-0.3, -0.25) is 9.88 Å².